The van der Waals surface area contributed by atoms with Gasteiger partial charge in [-0.25, -0.2) is 4.39 Å². The highest BCUT2D eigenvalue weighted by Gasteiger charge is 2.18. The highest BCUT2D eigenvalue weighted by Crippen LogP contribution is 2.24. The molecular weight excluding hydrogens is 315 g/mol. The van der Waals surface area contributed by atoms with E-state index >= 15 is 0 Å². The van der Waals surface area contributed by atoms with Crippen molar-refractivity contribution in [1.82, 2.24) is 5.32 Å². The Morgan fingerprint density at radius 3 is 2.60 bits per heavy atom. The first-order chi connectivity index (χ1) is 12.0. The smallest absolute Gasteiger partial charge is 0.254 e. The van der Waals surface area contributed by atoms with Gasteiger partial charge in [0.05, 0.1) is 11.6 Å². The van der Waals surface area contributed by atoms with Crippen molar-refractivity contribution in [2.24, 2.45) is 5.92 Å². The van der Waals surface area contributed by atoms with Crippen LogP contribution in [0.15, 0.2) is 48.5 Å². The average Bonchev–Trinajstić information content (AvgIpc) is 2.62. The van der Waals surface area contributed by atoms with Crippen LogP contribution in [0.25, 0.3) is 0 Å². The predicted octanol–water partition coefficient (Wildman–Crippen LogP) is 4.55. The molecule has 0 radical (unpaired) electrons. The molecule has 2 atom stereocenters. The standard InChI is InChI=1S/C21H25FN2O/c1-15-6-5-13-24(14-15)18-11-9-17(10-12-18)16(2)23-21(25)19-7-3-4-8-20(19)22/h3-4,7-12,15-16H,5-6,13-14H2,1-2H3,(H,23,25)/t15-,16+/m0/s1. The van der Waals surface area contributed by atoms with Crippen molar-refractivity contribution in [3.8, 4) is 0 Å². The number of benzene rings is 2. The highest BCUT2D eigenvalue weighted by molar-refractivity contribution is 5.94. The number of nitrogens with zero attached hydrogens (tertiary/aromatic N) is 1. The van der Waals surface area contributed by atoms with Crippen LogP contribution in [-0.4, -0.2) is 19.0 Å². The number of hydrogen-bond donors (Lipinski definition) is 1. The Balaban J connectivity index is 1.65. The van der Waals surface area contributed by atoms with E-state index in [4.69, 9.17) is 0 Å². The molecule has 1 fully saturated rings. The van der Waals surface area contributed by atoms with Crippen LogP contribution in [0.2, 0.25) is 0 Å². The SMILES string of the molecule is C[C@H]1CCCN(c2ccc([C@@H](C)NC(=O)c3ccccc3F)cc2)C1. The molecule has 0 saturated carbocycles. The van der Waals surface area contributed by atoms with Gasteiger partial charge in [0.15, 0.2) is 0 Å². The summed E-state index contributed by atoms with van der Waals surface area (Å²) in [4.78, 5) is 14.7. The molecule has 4 heteroatoms. The first kappa shape index (κ1) is 17.5. The second kappa shape index (κ2) is 7.68. The van der Waals surface area contributed by atoms with Crippen LogP contribution in [0.1, 0.15) is 48.7 Å². The third kappa shape index (κ3) is 4.19. The van der Waals surface area contributed by atoms with Gasteiger partial charge in [0.2, 0.25) is 0 Å². The number of carbonyl (C=O) groups is 1. The van der Waals surface area contributed by atoms with E-state index < -0.39 is 5.82 Å². The molecule has 0 aliphatic carbocycles. The number of halogens is 1. The number of carbonyl (C=O) groups excluding carboxylic acids is 1. The topological polar surface area (TPSA) is 32.3 Å². The van der Waals surface area contributed by atoms with Crippen LogP contribution in [0.4, 0.5) is 10.1 Å². The molecule has 0 aromatic heterocycles. The van der Waals surface area contributed by atoms with E-state index in [1.807, 2.05) is 19.1 Å². The quantitative estimate of drug-likeness (QED) is 0.885. The maximum absolute atomic E-state index is 13.7. The van der Waals surface area contributed by atoms with Gasteiger partial charge in [0, 0.05) is 18.8 Å². The molecule has 1 heterocycles. The van der Waals surface area contributed by atoms with Gasteiger partial charge in [-0.3, -0.25) is 4.79 Å². The summed E-state index contributed by atoms with van der Waals surface area (Å²) in [5.74, 6) is -0.159. The Labute approximate surface area is 148 Å². The molecule has 25 heavy (non-hydrogen) atoms. The van der Waals surface area contributed by atoms with Crippen molar-refractivity contribution in [2.75, 3.05) is 18.0 Å². The molecule has 2 aromatic carbocycles. The normalized spacial score (nSPS) is 18.7. The number of amides is 1. The van der Waals surface area contributed by atoms with E-state index in [9.17, 15) is 9.18 Å². The molecule has 2 aromatic rings. The second-order valence-corrected chi connectivity index (χ2v) is 6.96. The van der Waals surface area contributed by atoms with Crippen LogP contribution in [0.5, 0.6) is 0 Å². The summed E-state index contributed by atoms with van der Waals surface area (Å²) in [5, 5.41) is 2.87. The lowest BCUT2D eigenvalue weighted by atomic mass is 9.99. The Morgan fingerprint density at radius 1 is 1.20 bits per heavy atom. The molecule has 3 rings (SSSR count). The zero-order valence-electron chi connectivity index (χ0n) is 14.8. The lowest BCUT2D eigenvalue weighted by molar-refractivity contribution is 0.0936. The zero-order valence-corrected chi connectivity index (χ0v) is 14.8. The maximum atomic E-state index is 13.7. The Hall–Kier alpha value is -2.36. The molecule has 3 nitrogen and oxygen atoms in total. The number of nitrogens with one attached hydrogen (secondary N) is 1. The third-order valence-corrected chi connectivity index (χ3v) is 4.88. The average molecular weight is 340 g/mol. The number of anilines is 1. The van der Waals surface area contributed by atoms with E-state index in [-0.39, 0.29) is 17.5 Å². The van der Waals surface area contributed by atoms with Gasteiger partial charge in [0.25, 0.3) is 5.91 Å². The van der Waals surface area contributed by atoms with Gasteiger partial charge in [-0.15, -0.1) is 0 Å². The fraction of sp³-hybridized carbons (Fsp3) is 0.381. The summed E-state index contributed by atoms with van der Waals surface area (Å²) in [7, 11) is 0. The van der Waals surface area contributed by atoms with Gasteiger partial charge in [-0.05, 0) is 55.5 Å². The summed E-state index contributed by atoms with van der Waals surface area (Å²) < 4.78 is 13.7. The number of piperidine rings is 1. The van der Waals surface area contributed by atoms with Crippen molar-refractivity contribution in [3.05, 3.63) is 65.5 Å². The zero-order chi connectivity index (χ0) is 17.8. The highest BCUT2D eigenvalue weighted by atomic mass is 19.1. The predicted molar refractivity (Wildman–Crippen MR) is 99.3 cm³/mol. The summed E-state index contributed by atoms with van der Waals surface area (Å²) in [6.45, 7) is 6.40. The van der Waals surface area contributed by atoms with Crippen LogP contribution < -0.4 is 10.2 Å². The molecule has 1 saturated heterocycles. The number of rotatable bonds is 4. The van der Waals surface area contributed by atoms with E-state index in [2.05, 4.69) is 29.3 Å². The van der Waals surface area contributed by atoms with Gasteiger partial charge >= 0.3 is 0 Å². The lowest BCUT2D eigenvalue weighted by Gasteiger charge is -2.33. The van der Waals surface area contributed by atoms with Gasteiger partial charge in [-0.2, -0.15) is 0 Å². The Bertz CT molecular complexity index is 729. The largest absolute Gasteiger partial charge is 0.371 e. The third-order valence-electron chi connectivity index (χ3n) is 4.88. The molecule has 0 bridgehead atoms. The molecule has 132 valence electrons. The summed E-state index contributed by atoms with van der Waals surface area (Å²) in [6.07, 6.45) is 2.53. The fourth-order valence-electron chi connectivity index (χ4n) is 3.40. The lowest BCUT2D eigenvalue weighted by Crippen LogP contribution is -2.34. The monoisotopic (exact) mass is 340 g/mol. The van der Waals surface area contributed by atoms with Crippen LogP contribution in [-0.2, 0) is 0 Å². The minimum absolute atomic E-state index is 0.0771. The van der Waals surface area contributed by atoms with Crippen molar-refractivity contribution in [1.29, 1.82) is 0 Å². The van der Waals surface area contributed by atoms with E-state index in [1.165, 1.54) is 30.7 Å². The molecule has 0 spiro atoms. The van der Waals surface area contributed by atoms with E-state index in [0.717, 1.165) is 24.6 Å². The van der Waals surface area contributed by atoms with Gasteiger partial charge in [-0.1, -0.05) is 31.2 Å². The van der Waals surface area contributed by atoms with Crippen LogP contribution in [0, 0.1) is 11.7 Å². The maximum Gasteiger partial charge on any atom is 0.254 e. The van der Waals surface area contributed by atoms with Crippen molar-refractivity contribution in [2.45, 2.75) is 32.7 Å². The first-order valence-corrected chi connectivity index (χ1v) is 8.95. The van der Waals surface area contributed by atoms with E-state index in [0.29, 0.717) is 0 Å². The van der Waals surface area contributed by atoms with Crippen molar-refractivity contribution >= 4 is 11.6 Å². The van der Waals surface area contributed by atoms with Gasteiger partial charge < -0.3 is 10.2 Å². The minimum atomic E-state index is -0.498. The van der Waals surface area contributed by atoms with E-state index in [1.54, 1.807) is 12.1 Å². The summed E-state index contributed by atoms with van der Waals surface area (Å²) in [6, 6.07) is 14.2. The number of hydrogen-bond acceptors (Lipinski definition) is 2. The summed E-state index contributed by atoms with van der Waals surface area (Å²) >= 11 is 0. The Kier molecular flexibility index (Phi) is 5.37. The molecule has 0 unspecified atom stereocenters. The minimum Gasteiger partial charge on any atom is -0.371 e. The summed E-state index contributed by atoms with van der Waals surface area (Å²) in [5.41, 5.74) is 2.31. The second-order valence-electron chi connectivity index (χ2n) is 6.96. The molecule has 1 aliphatic rings. The molecule has 1 aliphatic heterocycles. The molecule has 1 amide bonds. The molecule has 1 N–H and O–H groups in total. The first-order valence-electron chi connectivity index (χ1n) is 8.95. The van der Waals surface area contributed by atoms with Crippen molar-refractivity contribution < 1.29 is 9.18 Å². The van der Waals surface area contributed by atoms with Crippen LogP contribution in [0.3, 0.4) is 0 Å². The molecular formula is C21H25FN2O. The Morgan fingerprint density at radius 2 is 1.92 bits per heavy atom. The van der Waals surface area contributed by atoms with Crippen molar-refractivity contribution in [3.63, 3.8) is 0 Å². The van der Waals surface area contributed by atoms with Gasteiger partial charge in [0.1, 0.15) is 5.82 Å². The fourth-order valence-corrected chi connectivity index (χ4v) is 3.40. The van der Waals surface area contributed by atoms with Crippen LogP contribution >= 0.6 is 0 Å².